The number of amides is 2. The maximum atomic E-state index is 12.2. The van der Waals surface area contributed by atoms with Crippen molar-refractivity contribution in [2.75, 3.05) is 0 Å². The molecule has 92 valence electrons. The molecule has 0 unspecified atom stereocenters. The molecule has 1 saturated carbocycles. The van der Waals surface area contributed by atoms with E-state index in [1.807, 2.05) is 0 Å². The summed E-state index contributed by atoms with van der Waals surface area (Å²) >= 11 is 0. The summed E-state index contributed by atoms with van der Waals surface area (Å²) in [5, 5.41) is 2.53. The van der Waals surface area contributed by atoms with Gasteiger partial charge in [-0.25, -0.2) is 17.5 Å². The van der Waals surface area contributed by atoms with Crippen molar-refractivity contribution in [3.8, 4) is 0 Å². The number of carbonyl (C=O) groups excluding carboxylic acids is 1. The van der Waals surface area contributed by atoms with Gasteiger partial charge in [0.2, 0.25) is 0 Å². The summed E-state index contributed by atoms with van der Waals surface area (Å²) < 4.78 is 25.4. The molecular formula is C10H18N2O3S. The lowest BCUT2D eigenvalue weighted by molar-refractivity contribution is 0.207. The number of hydrogen-bond donors (Lipinski definition) is 1. The summed E-state index contributed by atoms with van der Waals surface area (Å²) in [6.07, 6.45) is 4.73. The average molecular weight is 246 g/mol. The number of nitrogens with one attached hydrogen (secondary N) is 1. The van der Waals surface area contributed by atoms with Crippen molar-refractivity contribution in [1.29, 1.82) is 0 Å². The first-order valence-corrected chi connectivity index (χ1v) is 7.16. The molecule has 0 aromatic carbocycles. The smallest absolute Gasteiger partial charge is 0.317 e. The molecule has 0 atom stereocenters. The van der Waals surface area contributed by atoms with Gasteiger partial charge in [0.15, 0.2) is 4.87 Å². The Hall–Kier alpha value is -0.780. The summed E-state index contributed by atoms with van der Waals surface area (Å²) in [5.41, 5.74) is 0. The van der Waals surface area contributed by atoms with E-state index in [1.165, 1.54) is 13.8 Å². The summed E-state index contributed by atoms with van der Waals surface area (Å²) in [6, 6.07) is -0.600. The van der Waals surface area contributed by atoms with Crippen LogP contribution < -0.4 is 5.32 Å². The van der Waals surface area contributed by atoms with E-state index >= 15 is 0 Å². The zero-order valence-electron chi connectivity index (χ0n) is 9.69. The normalized spacial score (nSPS) is 29.1. The fraction of sp³-hybridized carbons (Fsp3) is 0.900. The highest BCUT2D eigenvalue weighted by Crippen LogP contribution is 2.32. The Kier molecular flexibility index (Phi) is 2.64. The van der Waals surface area contributed by atoms with Crippen LogP contribution in [0.2, 0.25) is 0 Å². The second kappa shape index (κ2) is 3.61. The quantitative estimate of drug-likeness (QED) is 0.760. The second-order valence-electron chi connectivity index (χ2n) is 5.03. The van der Waals surface area contributed by atoms with Gasteiger partial charge in [-0.3, -0.25) is 0 Å². The molecule has 0 aromatic rings. The summed E-state index contributed by atoms with van der Waals surface area (Å²) in [5.74, 6) is 0. The number of hydrogen-bond acceptors (Lipinski definition) is 3. The third-order valence-electron chi connectivity index (χ3n) is 3.42. The standard InChI is InChI=1S/C10H18N2O3S/c1-10(2)11-9(13)12(16(10,14)15)8-6-4-3-5-7-8/h8H,3-7H2,1-2H3,(H,11,13). The molecule has 1 aliphatic carbocycles. The topological polar surface area (TPSA) is 66.5 Å². The Balaban J connectivity index is 2.30. The SMILES string of the molecule is CC1(C)NC(=O)N(C2CCCCC2)S1(=O)=O. The van der Waals surface area contributed by atoms with Crippen molar-refractivity contribution >= 4 is 16.1 Å². The minimum absolute atomic E-state index is 0.138. The fourth-order valence-corrected chi connectivity index (χ4v) is 3.99. The van der Waals surface area contributed by atoms with Crippen LogP contribution in [0.4, 0.5) is 4.79 Å². The van der Waals surface area contributed by atoms with E-state index in [0.717, 1.165) is 36.4 Å². The second-order valence-corrected chi connectivity index (χ2v) is 7.40. The van der Waals surface area contributed by atoms with Gasteiger partial charge in [0.1, 0.15) is 0 Å². The minimum Gasteiger partial charge on any atom is -0.317 e. The summed E-state index contributed by atoms with van der Waals surface area (Å²) in [6.45, 7) is 3.06. The molecule has 1 heterocycles. The van der Waals surface area contributed by atoms with E-state index in [0.29, 0.717) is 0 Å². The molecule has 0 spiro atoms. The Morgan fingerprint density at radius 1 is 1.25 bits per heavy atom. The molecule has 1 saturated heterocycles. The average Bonchev–Trinajstić information content (AvgIpc) is 2.33. The van der Waals surface area contributed by atoms with E-state index in [4.69, 9.17) is 0 Å². The van der Waals surface area contributed by atoms with Gasteiger partial charge in [-0.05, 0) is 26.7 Å². The largest absolute Gasteiger partial charge is 0.332 e. The van der Waals surface area contributed by atoms with Crippen LogP contribution in [0.3, 0.4) is 0 Å². The first-order chi connectivity index (χ1) is 7.36. The van der Waals surface area contributed by atoms with Gasteiger partial charge in [0.25, 0.3) is 10.0 Å². The lowest BCUT2D eigenvalue weighted by Gasteiger charge is -2.29. The molecular weight excluding hydrogens is 228 g/mol. The van der Waals surface area contributed by atoms with Gasteiger partial charge in [0.05, 0.1) is 0 Å². The van der Waals surface area contributed by atoms with E-state index in [-0.39, 0.29) is 6.04 Å². The third kappa shape index (κ3) is 1.59. The molecule has 16 heavy (non-hydrogen) atoms. The van der Waals surface area contributed by atoms with Crippen LogP contribution in [0.25, 0.3) is 0 Å². The van der Waals surface area contributed by atoms with Gasteiger partial charge >= 0.3 is 6.03 Å². The van der Waals surface area contributed by atoms with Crippen LogP contribution in [0, 0.1) is 0 Å². The van der Waals surface area contributed by atoms with E-state index < -0.39 is 20.9 Å². The molecule has 2 fully saturated rings. The number of nitrogens with zero attached hydrogens (tertiary/aromatic N) is 1. The lowest BCUT2D eigenvalue weighted by Crippen LogP contribution is -2.43. The Labute approximate surface area is 96.2 Å². The van der Waals surface area contributed by atoms with Crippen LogP contribution in [0.5, 0.6) is 0 Å². The molecule has 0 bridgehead atoms. The monoisotopic (exact) mass is 246 g/mol. The van der Waals surface area contributed by atoms with E-state index in [9.17, 15) is 13.2 Å². The van der Waals surface area contributed by atoms with Crippen molar-refractivity contribution in [3.05, 3.63) is 0 Å². The molecule has 2 amide bonds. The Morgan fingerprint density at radius 3 is 2.25 bits per heavy atom. The predicted molar refractivity (Wildman–Crippen MR) is 60.2 cm³/mol. The number of rotatable bonds is 1. The molecule has 0 radical (unpaired) electrons. The van der Waals surface area contributed by atoms with Crippen LogP contribution in [0.15, 0.2) is 0 Å². The number of urea groups is 1. The number of sulfonamides is 1. The fourth-order valence-electron chi connectivity index (χ4n) is 2.41. The van der Waals surface area contributed by atoms with Crippen molar-refractivity contribution in [2.24, 2.45) is 0 Å². The molecule has 1 N–H and O–H groups in total. The third-order valence-corrected chi connectivity index (χ3v) is 5.79. The van der Waals surface area contributed by atoms with Crippen LogP contribution in [-0.4, -0.2) is 29.7 Å². The first-order valence-electron chi connectivity index (χ1n) is 5.72. The van der Waals surface area contributed by atoms with Gasteiger partial charge in [-0.1, -0.05) is 19.3 Å². The first kappa shape index (κ1) is 11.7. The maximum absolute atomic E-state index is 12.2. The van der Waals surface area contributed by atoms with Crippen LogP contribution in [0.1, 0.15) is 46.0 Å². The van der Waals surface area contributed by atoms with E-state index in [1.54, 1.807) is 0 Å². The van der Waals surface area contributed by atoms with Gasteiger partial charge < -0.3 is 5.32 Å². The van der Waals surface area contributed by atoms with Gasteiger partial charge in [-0.2, -0.15) is 0 Å². The summed E-state index contributed by atoms with van der Waals surface area (Å²) in [4.78, 5) is 10.6. The minimum atomic E-state index is -3.54. The van der Waals surface area contributed by atoms with Crippen molar-refractivity contribution in [1.82, 2.24) is 9.62 Å². The lowest BCUT2D eigenvalue weighted by atomic mass is 9.96. The predicted octanol–water partition coefficient (Wildman–Crippen LogP) is 1.41. The highest BCUT2D eigenvalue weighted by atomic mass is 32.2. The molecule has 0 aromatic heterocycles. The van der Waals surface area contributed by atoms with Crippen LogP contribution in [-0.2, 0) is 10.0 Å². The summed E-state index contributed by atoms with van der Waals surface area (Å²) in [7, 11) is -3.54. The highest BCUT2D eigenvalue weighted by Gasteiger charge is 2.52. The van der Waals surface area contributed by atoms with E-state index in [2.05, 4.69) is 5.32 Å². The number of carbonyl (C=O) groups is 1. The molecule has 2 aliphatic rings. The zero-order chi connectivity index (χ0) is 12.0. The maximum Gasteiger partial charge on any atom is 0.332 e. The Bertz CT molecular complexity index is 396. The molecule has 6 heteroatoms. The van der Waals surface area contributed by atoms with Gasteiger partial charge in [0, 0.05) is 6.04 Å². The molecule has 1 aliphatic heterocycles. The van der Waals surface area contributed by atoms with Crippen molar-refractivity contribution < 1.29 is 13.2 Å². The van der Waals surface area contributed by atoms with Crippen molar-refractivity contribution in [2.45, 2.75) is 56.9 Å². The zero-order valence-corrected chi connectivity index (χ0v) is 10.5. The molecule has 5 nitrogen and oxygen atoms in total. The molecule has 2 rings (SSSR count). The van der Waals surface area contributed by atoms with Gasteiger partial charge in [-0.15, -0.1) is 0 Å². The van der Waals surface area contributed by atoms with Crippen molar-refractivity contribution in [3.63, 3.8) is 0 Å². The van der Waals surface area contributed by atoms with Crippen LogP contribution >= 0.6 is 0 Å². The highest BCUT2D eigenvalue weighted by molar-refractivity contribution is 7.91. The Morgan fingerprint density at radius 2 is 1.81 bits per heavy atom.